The summed E-state index contributed by atoms with van der Waals surface area (Å²) in [7, 11) is 0. The molecule has 1 aliphatic carbocycles. The van der Waals surface area contributed by atoms with E-state index in [1.54, 1.807) is 0 Å². The van der Waals surface area contributed by atoms with Crippen molar-refractivity contribution < 1.29 is 4.48 Å². The molecule has 0 radical (unpaired) electrons. The minimum absolute atomic E-state index is 0.554. The number of rotatable bonds is 2. The summed E-state index contributed by atoms with van der Waals surface area (Å²) in [6.07, 6.45) is 13.3. The van der Waals surface area contributed by atoms with Crippen molar-refractivity contribution in [1.82, 2.24) is 4.98 Å². The number of fused-ring (bicyclic) bond motifs is 1. The number of aliphatic imine (C=N–C) groups is 2. The van der Waals surface area contributed by atoms with Gasteiger partial charge in [0.2, 0.25) is 0 Å². The van der Waals surface area contributed by atoms with Crippen LogP contribution in [-0.2, 0) is 0 Å². The molecule has 2 aliphatic heterocycles. The second-order valence-electron chi connectivity index (χ2n) is 7.78. The van der Waals surface area contributed by atoms with Crippen molar-refractivity contribution in [3.63, 3.8) is 0 Å². The Kier molecular flexibility index (Phi) is 4.46. The van der Waals surface area contributed by atoms with E-state index in [2.05, 4.69) is 35.3 Å². The lowest BCUT2D eigenvalue weighted by Gasteiger charge is -2.33. The predicted octanol–water partition coefficient (Wildman–Crippen LogP) is 4.82. The minimum Gasteiger partial charge on any atom is -0.251 e. The van der Waals surface area contributed by atoms with Crippen LogP contribution in [0.15, 0.2) is 71.0 Å². The highest BCUT2D eigenvalue weighted by Gasteiger charge is 2.45. The Hall–Kier alpha value is -3.29. The number of aryl methyl sites for hydroxylation is 1. The topological polar surface area (TPSA) is 37.6 Å². The molecule has 0 spiro atoms. The van der Waals surface area contributed by atoms with E-state index < -0.39 is 0 Å². The molecule has 1 aromatic carbocycles. The number of hydrogen-bond donors (Lipinski definition) is 0. The van der Waals surface area contributed by atoms with Gasteiger partial charge in [-0.05, 0) is 50.0 Å². The fraction of sp³-hybridized carbons (Fsp3) is 0.240. The maximum Gasteiger partial charge on any atom is 0.256 e. The molecular formula is C25H23N4+. The Balaban J connectivity index is 1.48. The van der Waals surface area contributed by atoms with Crippen molar-refractivity contribution in [2.75, 3.05) is 0 Å². The zero-order valence-electron chi connectivity index (χ0n) is 16.5. The molecule has 142 valence electrons. The molecule has 1 saturated carbocycles. The quantitative estimate of drug-likeness (QED) is 0.545. The molecular weight excluding hydrogens is 356 g/mol. The number of hydrogen-bond acceptors (Lipinski definition) is 3. The summed E-state index contributed by atoms with van der Waals surface area (Å²) in [5, 5.41) is 0. The average Bonchev–Trinajstić information content (AvgIpc) is 3.41. The van der Waals surface area contributed by atoms with Gasteiger partial charge in [0.25, 0.3) is 5.84 Å². The lowest BCUT2D eigenvalue weighted by Crippen LogP contribution is -2.50. The second kappa shape index (κ2) is 7.27. The average molecular weight is 379 g/mol. The molecule has 0 bridgehead atoms. The smallest absolute Gasteiger partial charge is 0.251 e. The van der Waals surface area contributed by atoms with Crippen LogP contribution in [0.3, 0.4) is 0 Å². The first-order valence-corrected chi connectivity index (χ1v) is 10.2. The fourth-order valence-corrected chi connectivity index (χ4v) is 4.45. The summed E-state index contributed by atoms with van der Waals surface area (Å²) in [5.74, 6) is 7.36. The van der Waals surface area contributed by atoms with Gasteiger partial charge in [-0.1, -0.05) is 24.1 Å². The van der Waals surface area contributed by atoms with Crippen LogP contribution < -0.4 is 0 Å². The van der Waals surface area contributed by atoms with Crippen molar-refractivity contribution in [1.29, 1.82) is 0 Å². The van der Waals surface area contributed by atoms with Gasteiger partial charge in [0.1, 0.15) is 36.0 Å². The highest BCUT2D eigenvalue weighted by Crippen LogP contribution is 2.39. The Morgan fingerprint density at radius 2 is 1.83 bits per heavy atom. The molecule has 2 aromatic rings. The van der Waals surface area contributed by atoms with Gasteiger partial charge in [0.15, 0.2) is 0 Å². The van der Waals surface area contributed by atoms with Crippen molar-refractivity contribution in [2.24, 2.45) is 9.98 Å². The summed E-state index contributed by atoms with van der Waals surface area (Å²) >= 11 is 0. The van der Waals surface area contributed by atoms with E-state index in [1.807, 2.05) is 55.7 Å². The first-order valence-electron chi connectivity index (χ1n) is 10.2. The van der Waals surface area contributed by atoms with Crippen LogP contribution in [0.25, 0.3) is 5.70 Å². The lowest BCUT2D eigenvalue weighted by molar-refractivity contribution is -0.756. The highest BCUT2D eigenvalue weighted by atomic mass is 15.4. The third-order valence-corrected chi connectivity index (χ3v) is 5.96. The molecule has 0 N–H and O–H groups in total. The molecule has 4 nitrogen and oxygen atoms in total. The third kappa shape index (κ3) is 3.24. The van der Waals surface area contributed by atoms with Crippen LogP contribution in [0.1, 0.15) is 48.2 Å². The van der Waals surface area contributed by atoms with Crippen LogP contribution in [-0.4, -0.2) is 27.6 Å². The largest absolute Gasteiger partial charge is 0.256 e. The van der Waals surface area contributed by atoms with Gasteiger partial charge in [-0.15, -0.1) is 0 Å². The predicted molar refractivity (Wildman–Crippen MR) is 117 cm³/mol. The molecule has 1 atom stereocenters. The number of amidine groups is 1. The molecule has 0 amide bonds. The van der Waals surface area contributed by atoms with E-state index in [9.17, 15) is 0 Å². The first kappa shape index (κ1) is 17.8. The second-order valence-corrected chi connectivity index (χ2v) is 7.78. The van der Waals surface area contributed by atoms with Crippen molar-refractivity contribution in [2.45, 2.75) is 38.6 Å². The number of quaternary nitrogens is 1. The van der Waals surface area contributed by atoms with Crippen LogP contribution in [0.4, 0.5) is 0 Å². The number of benzene rings is 1. The molecule has 1 unspecified atom stereocenters. The zero-order valence-corrected chi connectivity index (χ0v) is 16.5. The normalized spacial score (nSPS) is 22.7. The lowest BCUT2D eigenvalue weighted by atomic mass is 10.1. The molecule has 1 aromatic heterocycles. The molecule has 5 rings (SSSR count). The molecule has 3 heterocycles. The van der Waals surface area contributed by atoms with E-state index in [1.165, 1.54) is 25.7 Å². The van der Waals surface area contributed by atoms with Crippen LogP contribution in [0.5, 0.6) is 0 Å². The van der Waals surface area contributed by atoms with Gasteiger partial charge in [0, 0.05) is 29.7 Å². The monoisotopic (exact) mass is 379 g/mol. The SMILES string of the molecule is Cc1nc(C#Cc2ccccc2)ccc1C1=C[N+]2(C3CCCC3)C=CN=CC2=N1. The van der Waals surface area contributed by atoms with Crippen LogP contribution in [0.2, 0.25) is 0 Å². The summed E-state index contributed by atoms with van der Waals surface area (Å²) in [5.41, 5.74) is 4.77. The van der Waals surface area contributed by atoms with Gasteiger partial charge in [0.05, 0.1) is 6.20 Å². The Morgan fingerprint density at radius 3 is 2.62 bits per heavy atom. The van der Waals surface area contributed by atoms with Crippen molar-refractivity contribution >= 4 is 17.7 Å². The summed E-state index contributed by atoms with van der Waals surface area (Å²) in [4.78, 5) is 14.0. The molecule has 3 aliphatic rings. The third-order valence-electron chi connectivity index (χ3n) is 5.96. The number of pyridine rings is 1. The number of aromatic nitrogens is 1. The van der Waals surface area contributed by atoms with Gasteiger partial charge in [-0.25, -0.2) is 9.47 Å². The van der Waals surface area contributed by atoms with Crippen LogP contribution >= 0.6 is 0 Å². The van der Waals surface area contributed by atoms with E-state index in [-0.39, 0.29) is 0 Å². The molecule has 1 fully saturated rings. The summed E-state index contributed by atoms with van der Waals surface area (Å²) < 4.78 is 0.702. The molecule has 0 saturated heterocycles. The van der Waals surface area contributed by atoms with E-state index >= 15 is 0 Å². The van der Waals surface area contributed by atoms with Gasteiger partial charge in [-0.2, -0.15) is 4.99 Å². The minimum atomic E-state index is 0.554. The van der Waals surface area contributed by atoms with E-state index in [4.69, 9.17) is 9.98 Å². The summed E-state index contributed by atoms with van der Waals surface area (Å²) in [6.45, 7) is 2.03. The Morgan fingerprint density at radius 1 is 1.00 bits per heavy atom. The van der Waals surface area contributed by atoms with Crippen LogP contribution in [0, 0.1) is 18.8 Å². The van der Waals surface area contributed by atoms with E-state index in [0.717, 1.165) is 34.0 Å². The zero-order chi connectivity index (χ0) is 19.7. The number of nitrogens with zero attached hydrogens (tertiary/aromatic N) is 4. The van der Waals surface area contributed by atoms with Gasteiger partial charge in [-0.3, -0.25) is 4.99 Å². The molecule has 4 heteroatoms. The standard InChI is InChI=1S/C25H23N4/c1-19-23(14-13-21(27-19)12-11-20-7-3-2-4-8-20)24-18-29(22-9-5-6-10-22)16-15-26-17-25(29)28-24/h2-4,7-8,13-18,22H,5-6,9-10H2,1H3/q+1. The maximum atomic E-state index is 4.95. The summed E-state index contributed by atoms with van der Waals surface area (Å²) in [6, 6.07) is 14.6. The highest BCUT2D eigenvalue weighted by molar-refractivity contribution is 6.29. The Labute approximate surface area is 171 Å². The first-order chi connectivity index (χ1) is 14.2. The maximum absolute atomic E-state index is 4.95. The molecule has 29 heavy (non-hydrogen) atoms. The fourth-order valence-electron chi connectivity index (χ4n) is 4.45. The van der Waals surface area contributed by atoms with Gasteiger partial charge < -0.3 is 0 Å². The van der Waals surface area contributed by atoms with Crippen molar-refractivity contribution in [3.8, 4) is 11.8 Å². The van der Waals surface area contributed by atoms with Gasteiger partial charge >= 0.3 is 0 Å². The van der Waals surface area contributed by atoms with Crippen molar-refractivity contribution in [3.05, 3.63) is 83.6 Å². The Bertz CT molecular complexity index is 1120. The van der Waals surface area contributed by atoms with E-state index in [0.29, 0.717) is 10.5 Å².